The van der Waals surface area contributed by atoms with Crippen molar-refractivity contribution in [3.05, 3.63) is 29.1 Å². The Morgan fingerprint density at radius 2 is 2.33 bits per heavy atom. The largest absolute Gasteiger partial charge is 0.302 e. The fourth-order valence-electron chi connectivity index (χ4n) is 1.69. The van der Waals surface area contributed by atoms with E-state index < -0.39 is 0 Å². The minimum absolute atomic E-state index is 1.06. The van der Waals surface area contributed by atoms with Crippen molar-refractivity contribution >= 4 is 0 Å². The molecule has 0 bridgehead atoms. The van der Waals surface area contributed by atoms with E-state index in [9.17, 15) is 0 Å². The molecule has 0 atom stereocenters. The van der Waals surface area contributed by atoms with Crippen LogP contribution >= 0.6 is 0 Å². The summed E-state index contributed by atoms with van der Waals surface area (Å²) in [6, 6.07) is 2.25. The molecule has 0 amide bonds. The number of fused-ring (bicyclic) bond motifs is 1. The van der Waals surface area contributed by atoms with Crippen LogP contribution in [0.2, 0.25) is 0 Å². The van der Waals surface area contributed by atoms with Gasteiger partial charge in [-0.3, -0.25) is 4.98 Å². The summed E-state index contributed by atoms with van der Waals surface area (Å²) in [5, 5.41) is 0. The van der Waals surface area contributed by atoms with E-state index in [1.807, 2.05) is 6.20 Å². The molecule has 2 heteroatoms. The molecule has 0 fully saturated rings. The number of nitrogens with zero attached hydrogens (tertiary/aromatic N) is 2. The Morgan fingerprint density at radius 1 is 1.50 bits per heavy atom. The summed E-state index contributed by atoms with van der Waals surface area (Å²) in [6.45, 7) is 4.30. The zero-order valence-corrected chi connectivity index (χ0v) is 7.67. The summed E-state index contributed by atoms with van der Waals surface area (Å²) in [5.41, 5.74) is 3.96. The highest BCUT2D eigenvalue weighted by molar-refractivity contribution is 5.26. The Labute approximate surface area is 73.2 Å². The number of aryl methyl sites for hydroxylation is 1. The number of likely N-dealkylation sites (N-methyl/N-ethyl adjacent to an activating group) is 1. The average Bonchev–Trinajstić information content (AvgIpc) is 2.03. The molecule has 1 aliphatic heterocycles. The maximum atomic E-state index is 4.43. The minimum Gasteiger partial charge on any atom is -0.302 e. The van der Waals surface area contributed by atoms with E-state index in [-0.39, 0.29) is 0 Å². The van der Waals surface area contributed by atoms with Gasteiger partial charge in [-0.25, -0.2) is 0 Å². The molecular formula is C10H14N2. The molecule has 1 aliphatic rings. The maximum Gasteiger partial charge on any atom is 0.0461 e. The Balaban J connectivity index is 2.37. The van der Waals surface area contributed by atoms with Crippen LogP contribution in [0, 0.1) is 6.92 Å². The molecule has 12 heavy (non-hydrogen) atoms. The lowest BCUT2D eigenvalue weighted by atomic mass is 10.0. The Hall–Kier alpha value is -0.890. The van der Waals surface area contributed by atoms with Crippen LogP contribution in [-0.4, -0.2) is 23.5 Å². The van der Waals surface area contributed by atoms with Crippen molar-refractivity contribution in [2.24, 2.45) is 0 Å². The number of hydrogen-bond acceptors (Lipinski definition) is 2. The highest BCUT2D eigenvalue weighted by atomic mass is 15.1. The van der Waals surface area contributed by atoms with Gasteiger partial charge in [0.1, 0.15) is 0 Å². The van der Waals surface area contributed by atoms with Gasteiger partial charge in [0.15, 0.2) is 0 Å². The van der Waals surface area contributed by atoms with E-state index in [1.54, 1.807) is 0 Å². The van der Waals surface area contributed by atoms with Crippen molar-refractivity contribution in [3.8, 4) is 0 Å². The third kappa shape index (κ3) is 1.34. The lowest BCUT2D eigenvalue weighted by molar-refractivity contribution is 0.310. The molecule has 0 N–H and O–H groups in total. The van der Waals surface area contributed by atoms with Gasteiger partial charge in [0.25, 0.3) is 0 Å². The quantitative estimate of drug-likeness (QED) is 0.573. The first kappa shape index (κ1) is 7.74. The summed E-state index contributed by atoms with van der Waals surface area (Å²) < 4.78 is 0. The van der Waals surface area contributed by atoms with Crippen LogP contribution in [0.3, 0.4) is 0 Å². The summed E-state index contributed by atoms with van der Waals surface area (Å²) in [6.07, 6.45) is 3.07. The van der Waals surface area contributed by atoms with Crippen LogP contribution in [0.5, 0.6) is 0 Å². The predicted octanol–water partition coefficient (Wildman–Crippen LogP) is 1.38. The Bertz CT molecular complexity index is 294. The van der Waals surface area contributed by atoms with Gasteiger partial charge in [-0.2, -0.15) is 0 Å². The zero-order valence-electron chi connectivity index (χ0n) is 7.67. The van der Waals surface area contributed by atoms with Gasteiger partial charge in [0, 0.05) is 31.4 Å². The second kappa shape index (κ2) is 2.87. The third-order valence-corrected chi connectivity index (χ3v) is 2.37. The Kier molecular flexibility index (Phi) is 1.85. The summed E-state index contributed by atoms with van der Waals surface area (Å²) in [5.74, 6) is 0. The molecule has 0 unspecified atom stereocenters. The molecule has 1 aromatic heterocycles. The number of pyridine rings is 1. The zero-order chi connectivity index (χ0) is 8.55. The van der Waals surface area contributed by atoms with Crippen molar-refractivity contribution < 1.29 is 0 Å². The Morgan fingerprint density at radius 3 is 3.17 bits per heavy atom. The molecule has 2 rings (SSSR count). The van der Waals surface area contributed by atoms with Crippen LogP contribution in [0.4, 0.5) is 0 Å². The van der Waals surface area contributed by atoms with Crippen LogP contribution in [-0.2, 0) is 13.0 Å². The fourth-order valence-corrected chi connectivity index (χ4v) is 1.69. The molecule has 1 aromatic rings. The highest BCUT2D eigenvalue weighted by Gasteiger charge is 2.13. The van der Waals surface area contributed by atoms with Crippen LogP contribution in [0.1, 0.15) is 16.8 Å². The molecule has 0 saturated heterocycles. The van der Waals surface area contributed by atoms with Gasteiger partial charge in [0.2, 0.25) is 0 Å². The monoisotopic (exact) mass is 162 g/mol. The normalized spacial score (nSPS) is 17.5. The SMILES string of the molecule is Cc1cnc2c(c1)CN(C)CC2. The predicted molar refractivity (Wildman–Crippen MR) is 49.0 cm³/mol. The van der Waals surface area contributed by atoms with Crippen LogP contribution in [0.25, 0.3) is 0 Å². The maximum absolute atomic E-state index is 4.43. The molecule has 0 radical (unpaired) electrons. The first-order valence-corrected chi connectivity index (χ1v) is 4.38. The second-order valence-electron chi connectivity index (χ2n) is 3.61. The van der Waals surface area contributed by atoms with Crippen LogP contribution < -0.4 is 0 Å². The van der Waals surface area contributed by atoms with E-state index in [2.05, 4.69) is 29.9 Å². The van der Waals surface area contributed by atoms with E-state index in [0.29, 0.717) is 0 Å². The molecule has 64 valence electrons. The molecule has 0 spiro atoms. The number of rotatable bonds is 0. The van der Waals surface area contributed by atoms with Crippen LogP contribution in [0.15, 0.2) is 12.3 Å². The van der Waals surface area contributed by atoms with Crippen molar-refractivity contribution in [2.75, 3.05) is 13.6 Å². The first-order valence-electron chi connectivity index (χ1n) is 4.38. The lowest BCUT2D eigenvalue weighted by Crippen LogP contribution is -2.27. The summed E-state index contributed by atoms with van der Waals surface area (Å²) >= 11 is 0. The van der Waals surface area contributed by atoms with Gasteiger partial charge in [-0.05, 0) is 25.1 Å². The van der Waals surface area contributed by atoms with Crippen molar-refractivity contribution in [1.29, 1.82) is 0 Å². The van der Waals surface area contributed by atoms with Crippen molar-refractivity contribution in [1.82, 2.24) is 9.88 Å². The molecular weight excluding hydrogens is 148 g/mol. The lowest BCUT2D eigenvalue weighted by Gasteiger charge is -2.24. The van der Waals surface area contributed by atoms with E-state index in [4.69, 9.17) is 0 Å². The van der Waals surface area contributed by atoms with Gasteiger partial charge in [0.05, 0.1) is 0 Å². The van der Waals surface area contributed by atoms with Gasteiger partial charge < -0.3 is 4.90 Å². The molecule has 2 heterocycles. The molecule has 0 aliphatic carbocycles. The fraction of sp³-hybridized carbons (Fsp3) is 0.500. The van der Waals surface area contributed by atoms with E-state index >= 15 is 0 Å². The van der Waals surface area contributed by atoms with Crippen molar-refractivity contribution in [2.45, 2.75) is 19.9 Å². The third-order valence-electron chi connectivity index (χ3n) is 2.37. The standard InChI is InChI=1S/C10H14N2/c1-8-5-9-7-12(2)4-3-10(9)11-6-8/h5-6H,3-4,7H2,1-2H3. The van der Waals surface area contributed by atoms with Gasteiger partial charge >= 0.3 is 0 Å². The summed E-state index contributed by atoms with van der Waals surface area (Å²) in [7, 11) is 2.16. The van der Waals surface area contributed by atoms with E-state index in [0.717, 1.165) is 19.5 Å². The first-order chi connectivity index (χ1) is 5.75. The molecule has 0 aromatic carbocycles. The minimum atomic E-state index is 1.06. The average molecular weight is 162 g/mol. The highest BCUT2D eigenvalue weighted by Crippen LogP contribution is 2.16. The van der Waals surface area contributed by atoms with E-state index in [1.165, 1.54) is 16.8 Å². The molecule has 2 nitrogen and oxygen atoms in total. The molecule has 0 saturated carbocycles. The van der Waals surface area contributed by atoms with Gasteiger partial charge in [-0.15, -0.1) is 0 Å². The smallest absolute Gasteiger partial charge is 0.0461 e. The number of aromatic nitrogens is 1. The second-order valence-corrected chi connectivity index (χ2v) is 3.61. The number of hydrogen-bond donors (Lipinski definition) is 0. The topological polar surface area (TPSA) is 16.1 Å². The van der Waals surface area contributed by atoms with Gasteiger partial charge in [-0.1, -0.05) is 6.07 Å². The summed E-state index contributed by atoms with van der Waals surface area (Å²) in [4.78, 5) is 6.76. The van der Waals surface area contributed by atoms with Crippen molar-refractivity contribution in [3.63, 3.8) is 0 Å².